The number of amides is 1. The molecule has 0 atom stereocenters. The Labute approximate surface area is 116 Å². The molecule has 0 saturated carbocycles. The number of aromatic nitrogens is 2. The summed E-state index contributed by atoms with van der Waals surface area (Å²) in [5.41, 5.74) is 1.51. The molecule has 1 aromatic heterocycles. The van der Waals surface area contributed by atoms with Crippen LogP contribution in [0.1, 0.15) is 5.56 Å². The Morgan fingerprint density at radius 3 is 2.95 bits per heavy atom. The molecule has 1 heterocycles. The van der Waals surface area contributed by atoms with E-state index in [4.69, 9.17) is 16.3 Å². The molecule has 0 aliphatic carbocycles. The van der Waals surface area contributed by atoms with Crippen LogP contribution < -0.4 is 10.1 Å². The smallest absolute Gasteiger partial charge is 0.228 e. The van der Waals surface area contributed by atoms with Crippen molar-refractivity contribution in [2.24, 2.45) is 7.05 Å². The van der Waals surface area contributed by atoms with E-state index < -0.39 is 0 Å². The number of nitrogens with one attached hydrogen (secondary N) is 1. The number of ether oxygens (including phenoxy) is 1. The van der Waals surface area contributed by atoms with Gasteiger partial charge in [-0.05, 0) is 17.7 Å². The topological polar surface area (TPSA) is 56.1 Å². The molecule has 1 N–H and O–H groups in total. The van der Waals surface area contributed by atoms with Gasteiger partial charge in [0.2, 0.25) is 5.91 Å². The van der Waals surface area contributed by atoms with Gasteiger partial charge in [0, 0.05) is 25.0 Å². The third-order valence-corrected chi connectivity index (χ3v) is 2.87. The number of carbonyl (C=O) groups excluding carboxylic acids is 1. The highest BCUT2D eigenvalue weighted by Crippen LogP contribution is 2.27. The lowest BCUT2D eigenvalue weighted by atomic mass is 10.2. The van der Waals surface area contributed by atoms with Crippen LogP contribution >= 0.6 is 11.6 Å². The summed E-state index contributed by atoms with van der Waals surface area (Å²) in [4.78, 5) is 11.9. The lowest BCUT2D eigenvalue weighted by Gasteiger charge is -2.07. The fraction of sp³-hybridized carbons (Fsp3) is 0.231. The Morgan fingerprint density at radius 2 is 2.32 bits per heavy atom. The molecule has 0 unspecified atom stereocenters. The highest BCUT2D eigenvalue weighted by Gasteiger charge is 2.07. The fourth-order valence-electron chi connectivity index (χ4n) is 1.69. The molecule has 0 saturated heterocycles. The Hall–Kier alpha value is -2.01. The maximum Gasteiger partial charge on any atom is 0.228 e. The maximum absolute atomic E-state index is 11.9. The molecular weight excluding hydrogens is 266 g/mol. The fourth-order valence-corrected chi connectivity index (χ4v) is 1.89. The summed E-state index contributed by atoms with van der Waals surface area (Å²) in [6.45, 7) is 0. The summed E-state index contributed by atoms with van der Waals surface area (Å²) in [6, 6.07) is 5.09. The van der Waals surface area contributed by atoms with Gasteiger partial charge >= 0.3 is 0 Å². The van der Waals surface area contributed by atoms with Gasteiger partial charge in [-0.1, -0.05) is 11.6 Å². The van der Waals surface area contributed by atoms with Crippen LogP contribution in [0.3, 0.4) is 0 Å². The Balaban J connectivity index is 2.02. The van der Waals surface area contributed by atoms with E-state index in [-0.39, 0.29) is 12.3 Å². The Bertz CT molecular complexity index is 595. The third-order valence-electron chi connectivity index (χ3n) is 2.56. The third kappa shape index (κ3) is 3.48. The second-order valence-electron chi connectivity index (χ2n) is 4.10. The number of hydrogen-bond donors (Lipinski definition) is 1. The summed E-state index contributed by atoms with van der Waals surface area (Å²) >= 11 is 5.92. The molecule has 1 amide bonds. The second kappa shape index (κ2) is 5.75. The average molecular weight is 280 g/mol. The maximum atomic E-state index is 11.9. The van der Waals surface area contributed by atoms with Crippen molar-refractivity contribution in [3.05, 3.63) is 41.2 Å². The van der Waals surface area contributed by atoms with Crippen molar-refractivity contribution in [1.29, 1.82) is 0 Å². The lowest BCUT2D eigenvalue weighted by Crippen LogP contribution is -2.14. The van der Waals surface area contributed by atoms with Crippen molar-refractivity contribution in [3.8, 4) is 5.75 Å². The quantitative estimate of drug-likeness (QED) is 0.934. The van der Waals surface area contributed by atoms with E-state index in [9.17, 15) is 4.79 Å². The molecule has 19 heavy (non-hydrogen) atoms. The summed E-state index contributed by atoms with van der Waals surface area (Å²) in [7, 11) is 3.34. The van der Waals surface area contributed by atoms with E-state index in [1.807, 2.05) is 13.2 Å². The van der Waals surface area contributed by atoms with Gasteiger partial charge in [-0.25, -0.2) is 0 Å². The predicted octanol–water partition coefficient (Wildman–Crippen LogP) is 2.26. The van der Waals surface area contributed by atoms with Gasteiger partial charge in [-0.15, -0.1) is 0 Å². The molecule has 5 nitrogen and oxygen atoms in total. The average Bonchev–Trinajstić information content (AvgIpc) is 2.77. The minimum Gasteiger partial charge on any atom is -0.495 e. The van der Waals surface area contributed by atoms with Gasteiger partial charge in [0.1, 0.15) is 5.75 Å². The summed E-state index contributed by atoms with van der Waals surface area (Å²) in [6.07, 6.45) is 3.75. The number of aryl methyl sites for hydroxylation is 1. The molecule has 100 valence electrons. The van der Waals surface area contributed by atoms with Crippen LogP contribution in [0.2, 0.25) is 5.02 Å². The summed E-state index contributed by atoms with van der Waals surface area (Å²) < 4.78 is 6.75. The first kappa shape index (κ1) is 13.4. The largest absolute Gasteiger partial charge is 0.495 e. The van der Waals surface area contributed by atoms with Gasteiger partial charge < -0.3 is 10.1 Å². The van der Waals surface area contributed by atoms with Gasteiger partial charge in [0.25, 0.3) is 0 Å². The normalized spacial score (nSPS) is 10.3. The molecule has 0 aliphatic heterocycles. The predicted molar refractivity (Wildman–Crippen MR) is 73.5 cm³/mol. The molecule has 6 heteroatoms. The molecule has 2 aromatic rings. The highest BCUT2D eigenvalue weighted by molar-refractivity contribution is 6.32. The molecular formula is C13H14ClN3O2. The number of nitrogens with zero attached hydrogens (tertiary/aromatic N) is 2. The van der Waals surface area contributed by atoms with E-state index in [0.717, 1.165) is 5.56 Å². The van der Waals surface area contributed by atoms with Crippen LogP contribution in [0.5, 0.6) is 5.75 Å². The van der Waals surface area contributed by atoms with Crippen molar-refractivity contribution in [2.45, 2.75) is 6.42 Å². The minimum atomic E-state index is -0.114. The van der Waals surface area contributed by atoms with Crippen LogP contribution in [-0.2, 0) is 18.3 Å². The second-order valence-corrected chi connectivity index (χ2v) is 4.50. The Morgan fingerprint density at radius 1 is 1.53 bits per heavy atom. The molecule has 0 bridgehead atoms. The number of benzene rings is 1. The number of hydrogen-bond acceptors (Lipinski definition) is 3. The zero-order chi connectivity index (χ0) is 13.8. The standard InChI is InChI=1S/C13H14ClN3O2/c1-17-8-9(7-15-17)5-13(18)16-10-3-4-11(14)12(6-10)19-2/h3-4,6-8H,5H2,1-2H3,(H,16,18). The van der Waals surface area contributed by atoms with E-state index in [0.29, 0.717) is 16.5 Å². The Kier molecular flexibility index (Phi) is 4.06. The molecule has 0 fully saturated rings. The minimum absolute atomic E-state index is 0.114. The highest BCUT2D eigenvalue weighted by atomic mass is 35.5. The van der Waals surface area contributed by atoms with Gasteiger partial charge in [0.05, 0.1) is 24.8 Å². The van der Waals surface area contributed by atoms with Crippen molar-refractivity contribution in [1.82, 2.24) is 9.78 Å². The van der Waals surface area contributed by atoms with E-state index >= 15 is 0 Å². The van der Waals surface area contributed by atoms with E-state index in [1.54, 1.807) is 29.1 Å². The van der Waals surface area contributed by atoms with Crippen LogP contribution in [0.25, 0.3) is 0 Å². The first-order valence-electron chi connectivity index (χ1n) is 5.69. The summed E-state index contributed by atoms with van der Waals surface area (Å²) in [5.74, 6) is 0.415. The molecule has 1 aromatic carbocycles. The van der Waals surface area contributed by atoms with Gasteiger partial charge in [0.15, 0.2) is 0 Å². The van der Waals surface area contributed by atoms with Crippen molar-refractivity contribution in [2.75, 3.05) is 12.4 Å². The zero-order valence-corrected chi connectivity index (χ0v) is 11.4. The number of anilines is 1. The number of halogens is 1. The van der Waals surface area contributed by atoms with Crippen LogP contribution in [-0.4, -0.2) is 22.8 Å². The number of rotatable bonds is 4. The van der Waals surface area contributed by atoms with Crippen molar-refractivity contribution >= 4 is 23.2 Å². The molecule has 0 aliphatic rings. The SMILES string of the molecule is COc1cc(NC(=O)Cc2cnn(C)c2)ccc1Cl. The van der Waals surface area contributed by atoms with Crippen molar-refractivity contribution < 1.29 is 9.53 Å². The van der Waals surface area contributed by atoms with E-state index in [2.05, 4.69) is 10.4 Å². The zero-order valence-electron chi connectivity index (χ0n) is 10.7. The van der Waals surface area contributed by atoms with Gasteiger partial charge in [-0.2, -0.15) is 5.10 Å². The monoisotopic (exact) mass is 279 g/mol. The van der Waals surface area contributed by atoms with E-state index in [1.165, 1.54) is 7.11 Å². The van der Waals surface area contributed by atoms with Crippen LogP contribution in [0, 0.1) is 0 Å². The van der Waals surface area contributed by atoms with Crippen LogP contribution in [0.15, 0.2) is 30.6 Å². The van der Waals surface area contributed by atoms with Crippen molar-refractivity contribution in [3.63, 3.8) is 0 Å². The van der Waals surface area contributed by atoms with Gasteiger partial charge in [-0.3, -0.25) is 9.48 Å². The number of methoxy groups -OCH3 is 1. The molecule has 0 radical (unpaired) electrons. The lowest BCUT2D eigenvalue weighted by molar-refractivity contribution is -0.115. The molecule has 0 spiro atoms. The molecule has 2 rings (SSSR count). The summed E-state index contributed by atoms with van der Waals surface area (Å²) in [5, 5.41) is 7.31. The first-order chi connectivity index (χ1) is 9.08. The van der Waals surface area contributed by atoms with Crippen LogP contribution in [0.4, 0.5) is 5.69 Å². The first-order valence-corrected chi connectivity index (χ1v) is 6.07. The number of carbonyl (C=O) groups is 1.